The number of benzene rings is 1. The predicted octanol–water partition coefficient (Wildman–Crippen LogP) is 5.18. The van der Waals surface area contributed by atoms with Gasteiger partial charge in [0.2, 0.25) is 5.91 Å². The molecule has 1 N–H and O–H groups in total. The standard InChI is InChI=1S/C29H31FN4O2/c30-25-10-2-1-9-24(25)22-11-12-27-31-28(21-7-4-8-23(35)17-21)26(34(27)18-22)19-32-13-15-33(16-14-32)29(36)20-5-3-6-20/h1,4,7-9,11-12,17-18,20,35H,2-3,5-6,10,13-16,19H2. The van der Waals surface area contributed by atoms with Gasteiger partial charge in [0, 0.05) is 68.0 Å². The fourth-order valence-corrected chi connectivity index (χ4v) is 5.43. The summed E-state index contributed by atoms with van der Waals surface area (Å²) in [5, 5.41) is 10.1. The van der Waals surface area contributed by atoms with Gasteiger partial charge >= 0.3 is 0 Å². The largest absolute Gasteiger partial charge is 0.508 e. The Hall–Kier alpha value is -3.45. The molecule has 2 fully saturated rings. The second kappa shape index (κ2) is 9.54. The smallest absolute Gasteiger partial charge is 0.225 e. The summed E-state index contributed by atoms with van der Waals surface area (Å²) in [5.74, 6) is 0.657. The van der Waals surface area contributed by atoms with Crippen LogP contribution in [-0.4, -0.2) is 56.4 Å². The van der Waals surface area contributed by atoms with Gasteiger partial charge in [0.1, 0.15) is 17.2 Å². The molecule has 3 heterocycles. The molecule has 1 saturated heterocycles. The first-order valence-corrected chi connectivity index (χ1v) is 12.9. The van der Waals surface area contributed by atoms with Crippen LogP contribution in [0.1, 0.15) is 43.4 Å². The highest BCUT2D eigenvalue weighted by atomic mass is 19.1. The molecule has 0 atom stereocenters. The minimum Gasteiger partial charge on any atom is -0.508 e. The van der Waals surface area contributed by atoms with E-state index in [1.54, 1.807) is 12.1 Å². The maximum absolute atomic E-state index is 14.6. The summed E-state index contributed by atoms with van der Waals surface area (Å²) < 4.78 is 16.7. The summed E-state index contributed by atoms with van der Waals surface area (Å²) in [6.07, 6.45) is 10.2. The van der Waals surface area contributed by atoms with E-state index >= 15 is 0 Å². The highest BCUT2D eigenvalue weighted by molar-refractivity contribution is 5.80. The number of rotatable bonds is 5. The number of carbonyl (C=O) groups is 1. The van der Waals surface area contributed by atoms with Crippen LogP contribution >= 0.6 is 0 Å². The van der Waals surface area contributed by atoms with E-state index in [0.29, 0.717) is 24.4 Å². The number of piperazine rings is 1. The molecule has 1 saturated carbocycles. The third-order valence-electron chi connectivity index (χ3n) is 7.77. The fourth-order valence-electron chi connectivity index (χ4n) is 5.43. The molecule has 3 aliphatic rings. The van der Waals surface area contributed by atoms with Crippen molar-refractivity contribution in [1.29, 1.82) is 0 Å². The molecule has 2 aromatic heterocycles. The lowest BCUT2D eigenvalue weighted by atomic mass is 9.84. The average Bonchev–Trinajstić information content (AvgIpc) is 3.21. The topological polar surface area (TPSA) is 61.1 Å². The minimum atomic E-state index is -0.0843. The maximum atomic E-state index is 14.6. The van der Waals surface area contributed by atoms with Crippen molar-refractivity contribution >= 4 is 17.1 Å². The molecule has 6 rings (SSSR count). The zero-order chi connectivity index (χ0) is 24.6. The van der Waals surface area contributed by atoms with Crippen LogP contribution in [-0.2, 0) is 11.3 Å². The molecular formula is C29H31FN4O2. The van der Waals surface area contributed by atoms with Gasteiger partial charge in [-0.2, -0.15) is 0 Å². The lowest BCUT2D eigenvalue weighted by molar-refractivity contribution is -0.140. The van der Waals surface area contributed by atoms with E-state index in [1.165, 1.54) is 6.42 Å². The Labute approximate surface area is 210 Å². The second-order valence-corrected chi connectivity index (χ2v) is 10.1. The van der Waals surface area contributed by atoms with Crippen molar-refractivity contribution < 1.29 is 14.3 Å². The monoisotopic (exact) mass is 486 g/mol. The van der Waals surface area contributed by atoms with Crippen molar-refractivity contribution in [2.24, 2.45) is 5.92 Å². The fraction of sp³-hybridized carbons (Fsp3) is 0.379. The van der Waals surface area contributed by atoms with Crippen molar-refractivity contribution in [3.05, 3.63) is 71.8 Å². The third kappa shape index (κ3) is 4.32. The van der Waals surface area contributed by atoms with Crippen LogP contribution in [0.4, 0.5) is 4.39 Å². The van der Waals surface area contributed by atoms with Crippen LogP contribution in [0.2, 0.25) is 0 Å². The number of halogens is 1. The van der Waals surface area contributed by atoms with Gasteiger partial charge in [-0.05, 0) is 43.5 Å². The van der Waals surface area contributed by atoms with Gasteiger partial charge < -0.3 is 14.4 Å². The summed E-state index contributed by atoms with van der Waals surface area (Å²) in [7, 11) is 0. The highest BCUT2D eigenvalue weighted by Gasteiger charge is 2.31. The number of carbonyl (C=O) groups excluding carboxylic acids is 1. The average molecular weight is 487 g/mol. The normalized spacial score (nSPS) is 19.2. The molecule has 36 heavy (non-hydrogen) atoms. The van der Waals surface area contributed by atoms with Crippen molar-refractivity contribution in [3.8, 4) is 17.0 Å². The minimum absolute atomic E-state index is 0.0843. The van der Waals surface area contributed by atoms with Gasteiger partial charge in [0.25, 0.3) is 0 Å². The predicted molar refractivity (Wildman–Crippen MR) is 138 cm³/mol. The number of aromatic nitrogens is 2. The highest BCUT2D eigenvalue weighted by Crippen LogP contribution is 2.33. The van der Waals surface area contributed by atoms with Crippen molar-refractivity contribution in [3.63, 3.8) is 0 Å². The van der Waals surface area contributed by atoms with Gasteiger partial charge in [-0.25, -0.2) is 9.37 Å². The Morgan fingerprint density at radius 3 is 2.64 bits per heavy atom. The van der Waals surface area contributed by atoms with E-state index in [2.05, 4.69) is 9.30 Å². The van der Waals surface area contributed by atoms with Crippen LogP contribution in [0.25, 0.3) is 22.5 Å². The molecule has 186 valence electrons. The zero-order valence-corrected chi connectivity index (χ0v) is 20.4. The third-order valence-corrected chi connectivity index (χ3v) is 7.77. The summed E-state index contributed by atoms with van der Waals surface area (Å²) >= 11 is 0. The molecule has 7 heteroatoms. The summed E-state index contributed by atoms with van der Waals surface area (Å²) in [4.78, 5) is 22.0. The van der Waals surface area contributed by atoms with E-state index in [-0.39, 0.29) is 17.5 Å². The van der Waals surface area contributed by atoms with Gasteiger partial charge in [-0.1, -0.05) is 30.7 Å². The quantitative estimate of drug-likeness (QED) is 0.540. The van der Waals surface area contributed by atoms with E-state index < -0.39 is 0 Å². The molecule has 1 aliphatic heterocycles. The number of fused-ring (bicyclic) bond motifs is 1. The first-order valence-electron chi connectivity index (χ1n) is 12.9. The van der Waals surface area contributed by atoms with Gasteiger partial charge in [-0.15, -0.1) is 0 Å². The Morgan fingerprint density at radius 2 is 1.92 bits per heavy atom. The van der Waals surface area contributed by atoms with Crippen molar-refractivity contribution in [2.45, 2.75) is 38.6 Å². The van der Waals surface area contributed by atoms with E-state index in [9.17, 15) is 14.3 Å². The number of phenols is 1. The van der Waals surface area contributed by atoms with Crippen LogP contribution in [0.15, 0.2) is 60.6 Å². The number of aromatic hydroxyl groups is 1. The van der Waals surface area contributed by atoms with Crippen LogP contribution < -0.4 is 0 Å². The van der Waals surface area contributed by atoms with Gasteiger partial charge in [0.15, 0.2) is 0 Å². The summed E-state index contributed by atoms with van der Waals surface area (Å²) in [5.41, 5.74) is 4.89. The number of allylic oxidation sites excluding steroid dienone is 4. The Balaban J connectivity index is 1.33. The number of nitrogens with zero attached hydrogens (tertiary/aromatic N) is 4. The molecule has 0 unspecified atom stereocenters. The molecule has 2 aliphatic carbocycles. The Kier molecular flexibility index (Phi) is 6.09. The molecular weight excluding hydrogens is 455 g/mol. The second-order valence-electron chi connectivity index (χ2n) is 10.1. The maximum Gasteiger partial charge on any atom is 0.225 e. The molecule has 1 amide bonds. The summed E-state index contributed by atoms with van der Waals surface area (Å²) in [6, 6.07) is 11.0. The van der Waals surface area contributed by atoms with E-state index in [4.69, 9.17) is 4.98 Å². The first kappa shape index (κ1) is 23.0. The number of pyridine rings is 1. The first-order chi connectivity index (χ1) is 17.6. The molecule has 0 radical (unpaired) electrons. The van der Waals surface area contributed by atoms with E-state index in [0.717, 1.165) is 73.6 Å². The molecule has 6 nitrogen and oxygen atoms in total. The molecule has 3 aromatic rings. The lowest BCUT2D eigenvalue weighted by Crippen LogP contribution is -2.50. The van der Waals surface area contributed by atoms with Crippen LogP contribution in [0.3, 0.4) is 0 Å². The van der Waals surface area contributed by atoms with Crippen LogP contribution in [0, 0.1) is 5.92 Å². The number of hydrogen-bond acceptors (Lipinski definition) is 4. The summed E-state index contributed by atoms with van der Waals surface area (Å²) in [6.45, 7) is 3.72. The van der Waals surface area contributed by atoms with Gasteiger partial charge in [0.05, 0.1) is 11.4 Å². The van der Waals surface area contributed by atoms with Crippen molar-refractivity contribution in [2.75, 3.05) is 26.2 Å². The number of phenolic OH excluding ortho intramolecular Hbond substituents is 1. The van der Waals surface area contributed by atoms with Crippen LogP contribution in [0.5, 0.6) is 5.75 Å². The number of hydrogen-bond donors (Lipinski definition) is 1. The lowest BCUT2D eigenvalue weighted by Gasteiger charge is -2.38. The number of amides is 1. The number of imidazole rings is 1. The molecule has 0 bridgehead atoms. The Morgan fingerprint density at radius 1 is 1.08 bits per heavy atom. The Bertz CT molecular complexity index is 1360. The van der Waals surface area contributed by atoms with E-state index in [1.807, 2.05) is 47.5 Å². The van der Waals surface area contributed by atoms with Crippen molar-refractivity contribution in [1.82, 2.24) is 19.2 Å². The van der Waals surface area contributed by atoms with Gasteiger partial charge in [-0.3, -0.25) is 9.69 Å². The SMILES string of the molecule is O=C(C1CCC1)N1CCN(Cc2c(-c3cccc(O)c3)nc3ccc(C4=C(F)CCC=C4)cn23)CC1. The zero-order valence-electron chi connectivity index (χ0n) is 20.4. The molecule has 0 spiro atoms. The molecule has 1 aromatic carbocycles.